The third-order valence-corrected chi connectivity index (χ3v) is 10.2. The molecule has 48 heavy (non-hydrogen) atoms. The van der Waals surface area contributed by atoms with Crippen LogP contribution in [0, 0.1) is 5.92 Å². The summed E-state index contributed by atoms with van der Waals surface area (Å²) < 4.78 is 32.3. The van der Waals surface area contributed by atoms with E-state index < -0.39 is 0 Å². The number of rotatable bonds is 24. The first-order valence-corrected chi connectivity index (χ1v) is 17.8. The third-order valence-electron chi connectivity index (χ3n) is 10.2. The summed E-state index contributed by atoms with van der Waals surface area (Å²) in [6.07, 6.45) is 7.44. The molecule has 1 aliphatic heterocycles. The standard InChI is InChI=1S/C36H60N4O8/c1-38(2)36(32-10-5-4-6-11-32)14-12-35(13-15-36)30-39(34(42)40(35)28-31-8-7-9-31)29-33(41)37-16-17-44-20-21-46-24-25-48-27-26-47-23-22-45-19-18-43-3/h4-6,10-11,31H,7-9,12-30H2,1-3H3,(H,37,41)/t35-,36-. The highest BCUT2D eigenvalue weighted by molar-refractivity contribution is 5.86. The molecule has 1 spiro atoms. The lowest BCUT2D eigenvalue weighted by Crippen LogP contribution is -2.56. The molecule has 0 bridgehead atoms. The van der Waals surface area contributed by atoms with E-state index in [0.717, 1.165) is 32.2 Å². The second kappa shape index (κ2) is 20.4. The number of carbonyl (C=O) groups is 2. The molecule has 1 aromatic rings. The molecule has 3 amide bonds. The van der Waals surface area contributed by atoms with Crippen LogP contribution in [0.25, 0.3) is 0 Å². The molecule has 12 nitrogen and oxygen atoms in total. The smallest absolute Gasteiger partial charge is 0.321 e. The molecule has 2 aliphatic carbocycles. The molecular formula is C36H60N4O8. The van der Waals surface area contributed by atoms with Gasteiger partial charge in [0.05, 0.1) is 78.2 Å². The van der Waals surface area contributed by atoms with Gasteiger partial charge in [-0.05, 0) is 64.1 Å². The zero-order valence-electron chi connectivity index (χ0n) is 29.6. The molecule has 0 atom stereocenters. The summed E-state index contributed by atoms with van der Waals surface area (Å²) in [6.45, 7) is 7.37. The fourth-order valence-corrected chi connectivity index (χ4v) is 7.13. The summed E-state index contributed by atoms with van der Waals surface area (Å²) >= 11 is 0. The number of carbonyl (C=O) groups excluding carboxylic acids is 2. The van der Waals surface area contributed by atoms with Gasteiger partial charge in [-0.2, -0.15) is 0 Å². The fraction of sp³-hybridized carbons (Fsp3) is 0.778. The van der Waals surface area contributed by atoms with E-state index in [1.807, 2.05) is 0 Å². The molecule has 0 unspecified atom stereocenters. The summed E-state index contributed by atoms with van der Waals surface area (Å²) in [5.41, 5.74) is 1.08. The molecule has 2 saturated carbocycles. The lowest BCUT2D eigenvalue weighted by molar-refractivity contribution is -0.121. The maximum Gasteiger partial charge on any atom is 0.321 e. The van der Waals surface area contributed by atoms with E-state index in [1.165, 1.54) is 24.8 Å². The normalized spacial score (nSPS) is 23.0. The maximum atomic E-state index is 13.8. The number of ether oxygens (including phenoxy) is 6. The summed E-state index contributed by atoms with van der Waals surface area (Å²) in [5, 5.41) is 2.93. The van der Waals surface area contributed by atoms with Crippen molar-refractivity contribution in [3.8, 4) is 0 Å². The average Bonchev–Trinajstić information content (AvgIpc) is 3.31. The highest BCUT2D eigenvalue weighted by Gasteiger charge is 2.55. The van der Waals surface area contributed by atoms with E-state index in [2.05, 4.69) is 59.5 Å². The minimum atomic E-state index is -0.220. The Morgan fingerprint density at radius 2 is 1.35 bits per heavy atom. The number of amides is 3. The summed E-state index contributed by atoms with van der Waals surface area (Å²) in [5.74, 6) is 0.427. The van der Waals surface area contributed by atoms with Crippen LogP contribution in [0.4, 0.5) is 4.79 Å². The van der Waals surface area contributed by atoms with Gasteiger partial charge in [0.15, 0.2) is 0 Å². The molecule has 1 aromatic carbocycles. The molecule has 0 radical (unpaired) electrons. The zero-order chi connectivity index (χ0) is 34.1. The van der Waals surface area contributed by atoms with Crippen molar-refractivity contribution >= 4 is 11.9 Å². The molecule has 3 aliphatic rings. The van der Waals surface area contributed by atoms with Crippen LogP contribution in [-0.4, -0.2) is 152 Å². The van der Waals surface area contributed by atoms with Crippen molar-refractivity contribution < 1.29 is 38.0 Å². The van der Waals surface area contributed by atoms with Crippen molar-refractivity contribution in [1.29, 1.82) is 0 Å². The molecule has 1 saturated heterocycles. The Balaban J connectivity index is 1.10. The van der Waals surface area contributed by atoms with Gasteiger partial charge in [-0.15, -0.1) is 0 Å². The molecule has 272 valence electrons. The van der Waals surface area contributed by atoms with Gasteiger partial charge in [0.2, 0.25) is 5.91 Å². The first-order valence-electron chi connectivity index (χ1n) is 17.8. The number of hydrogen-bond acceptors (Lipinski definition) is 9. The molecule has 1 heterocycles. The second-order valence-corrected chi connectivity index (χ2v) is 13.5. The summed E-state index contributed by atoms with van der Waals surface area (Å²) in [6, 6.07) is 10.8. The van der Waals surface area contributed by atoms with Crippen molar-refractivity contribution in [2.75, 3.05) is 120 Å². The lowest BCUT2D eigenvalue weighted by atomic mass is 9.68. The molecule has 3 fully saturated rings. The molecule has 12 heteroatoms. The van der Waals surface area contributed by atoms with Crippen LogP contribution in [0.3, 0.4) is 0 Å². The average molecular weight is 677 g/mol. The number of benzene rings is 1. The minimum Gasteiger partial charge on any atom is -0.382 e. The largest absolute Gasteiger partial charge is 0.382 e. The minimum absolute atomic E-state index is 0.0161. The van der Waals surface area contributed by atoms with Crippen molar-refractivity contribution in [3.05, 3.63) is 35.9 Å². The Labute approximate surface area is 287 Å². The van der Waals surface area contributed by atoms with Crippen molar-refractivity contribution in [1.82, 2.24) is 20.0 Å². The van der Waals surface area contributed by atoms with Gasteiger partial charge in [-0.1, -0.05) is 36.8 Å². The van der Waals surface area contributed by atoms with Crippen molar-refractivity contribution in [2.45, 2.75) is 56.0 Å². The van der Waals surface area contributed by atoms with E-state index >= 15 is 0 Å². The second-order valence-electron chi connectivity index (χ2n) is 13.5. The highest BCUT2D eigenvalue weighted by atomic mass is 16.6. The van der Waals surface area contributed by atoms with E-state index in [4.69, 9.17) is 28.4 Å². The number of hydrogen-bond donors (Lipinski definition) is 1. The number of methoxy groups -OCH3 is 1. The predicted octanol–water partition coefficient (Wildman–Crippen LogP) is 3.14. The van der Waals surface area contributed by atoms with Crippen LogP contribution >= 0.6 is 0 Å². The third kappa shape index (κ3) is 11.1. The first-order chi connectivity index (χ1) is 23.4. The maximum absolute atomic E-state index is 13.8. The van der Waals surface area contributed by atoms with Crippen LogP contribution in [0.2, 0.25) is 0 Å². The topological polar surface area (TPSA) is 111 Å². The van der Waals surface area contributed by atoms with Crippen molar-refractivity contribution in [2.24, 2.45) is 5.92 Å². The Morgan fingerprint density at radius 1 is 0.812 bits per heavy atom. The Morgan fingerprint density at radius 3 is 1.85 bits per heavy atom. The van der Waals surface area contributed by atoms with Crippen LogP contribution < -0.4 is 5.32 Å². The Bertz CT molecular complexity index is 1070. The van der Waals surface area contributed by atoms with Crippen molar-refractivity contribution in [3.63, 3.8) is 0 Å². The predicted molar refractivity (Wildman–Crippen MR) is 183 cm³/mol. The van der Waals surface area contributed by atoms with Gasteiger partial charge in [-0.3, -0.25) is 9.69 Å². The van der Waals surface area contributed by atoms with E-state index in [1.54, 1.807) is 12.0 Å². The summed E-state index contributed by atoms with van der Waals surface area (Å²) in [4.78, 5) is 33.0. The molecule has 1 N–H and O–H groups in total. The highest BCUT2D eigenvalue weighted by Crippen LogP contribution is 2.49. The SMILES string of the molecule is COCCOCCOCCOCCOCCOCCNC(=O)CN1C[C@]2(CC[C@@](c3ccccc3)(N(C)C)CC2)N(CC2CCC2)C1=O. The summed E-state index contributed by atoms with van der Waals surface area (Å²) in [7, 11) is 5.99. The first kappa shape index (κ1) is 38.5. The number of nitrogens with one attached hydrogen (secondary N) is 1. The van der Waals surface area contributed by atoms with E-state index in [-0.39, 0.29) is 29.6 Å². The van der Waals surface area contributed by atoms with Gasteiger partial charge < -0.3 is 43.5 Å². The van der Waals surface area contributed by atoms with Gasteiger partial charge in [-0.25, -0.2) is 4.79 Å². The quantitative estimate of drug-likeness (QED) is 0.165. The molecule has 0 aromatic heterocycles. The lowest BCUT2D eigenvalue weighted by Gasteiger charge is -2.51. The van der Waals surface area contributed by atoms with Crippen LogP contribution in [0.15, 0.2) is 30.3 Å². The van der Waals surface area contributed by atoms with E-state index in [9.17, 15) is 9.59 Å². The van der Waals surface area contributed by atoms with Gasteiger partial charge in [0.1, 0.15) is 6.54 Å². The Kier molecular flexibility index (Phi) is 16.3. The van der Waals surface area contributed by atoms with Gasteiger partial charge in [0.25, 0.3) is 0 Å². The number of urea groups is 1. The zero-order valence-corrected chi connectivity index (χ0v) is 29.6. The van der Waals surface area contributed by atoms with Gasteiger partial charge in [0, 0.05) is 32.3 Å². The number of nitrogens with zero attached hydrogens (tertiary/aromatic N) is 3. The molecular weight excluding hydrogens is 616 g/mol. The van der Waals surface area contributed by atoms with E-state index in [0.29, 0.717) is 91.7 Å². The van der Waals surface area contributed by atoms with Crippen LogP contribution in [0.1, 0.15) is 50.5 Å². The Hall–Kier alpha value is -2.32. The van der Waals surface area contributed by atoms with Gasteiger partial charge >= 0.3 is 6.03 Å². The monoisotopic (exact) mass is 676 g/mol. The van der Waals surface area contributed by atoms with Crippen LogP contribution in [0.5, 0.6) is 0 Å². The van der Waals surface area contributed by atoms with Crippen LogP contribution in [-0.2, 0) is 38.8 Å². The fourth-order valence-electron chi connectivity index (χ4n) is 7.13. The molecule has 4 rings (SSSR count).